The summed E-state index contributed by atoms with van der Waals surface area (Å²) in [6.07, 6.45) is 8.15. The fourth-order valence-corrected chi connectivity index (χ4v) is 3.16. The van der Waals surface area contributed by atoms with Gasteiger partial charge in [-0.25, -0.2) is 0 Å². The van der Waals surface area contributed by atoms with E-state index < -0.39 is 0 Å². The van der Waals surface area contributed by atoms with Crippen LogP contribution >= 0.6 is 11.8 Å². The molecule has 0 aromatic heterocycles. The molecule has 0 amide bonds. The Balaban J connectivity index is 2.16. The average molecular weight is 215 g/mol. The van der Waals surface area contributed by atoms with Gasteiger partial charge >= 0.3 is 0 Å². The minimum absolute atomic E-state index is 0.781. The van der Waals surface area contributed by atoms with Gasteiger partial charge in [-0.05, 0) is 37.2 Å². The van der Waals surface area contributed by atoms with E-state index in [1.54, 1.807) is 0 Å². The third kappa shape index (κ3) is 4.70. The minimum Gasteiger partial charge on any atom is -0.311 e. The summed E-state index contributed by atoms with van der Waals surface area (Å²) in [6.45, 7) is 4.59. The Morgan fingerprint density at radius 3 is 2.57 bits per heavy atom. The number of thioether (sulfide) groups is 1. The van der Waals surface area contributed by atoms with Crippen LogP contribution < -0.4 is 5.32 Å². The molecule has 1 atom stereocenters. The van der Waals surface area contributed by atoms with Crippen LogP contribution in [0.15, 0.2) is 0 Å². The van der Waals surface area contributed by atoms with E-state index in [0.29, 0.717) is 0 Å². The van der Waals surface area contributed by atoms with E-state index >= 15 is 0 Å². The first kappa shape index (κ1) is 12.4. The number of hydrogen-bond donors (Lipinski definition) is 1. The number of hydrogen-bond acceptors (Lipinski definition) is 2. The van der Waals surface area contributed by atoms with Gasteiger partial charge < -0.3 is 5.32 Å². The van der Waals surface area contributed by atoms with Gasteiger partial charge in [0.15, 0.2) is 0 Å². The predicted molar refractivity (Wildman–Crippen MR) is 67.1 cm³/mol. The van der Waals surface area contributed by atoms with E-state index in [0.717, 1.165) is 12.1 Å². The van der Waals surface area contributed by atoms with Crippen LogP contribution in [0.1, 0.15) is 52.4 Å². The topological polar surface area (TPSA) is 12.0 Å². The second-order valence-electron chi connectivity index (χ2n) is 4.30. The molecular formula is C12H25NS. The molecule has 2 heteroatoms. The lowest BCUT2D eigenvalue weighted by Crippen LogP contribution is -2.40. The highest BCUT2D eigenvalue weighted by molar-refractivity contribution is 7.99. The van der Waals surface area contributed by atoms with Crippen molar-refractivity contribution >= 4 is 11.8 Å². The summed E-state index contributed by atoms with van der Waals surface area (Å²) in [5, 5.41) is 3.83. The Labute approximate surface area is 93.4 Å². The lowest BCUT2D eigenvalue weighted by Gasteiger charge is -2.27. The van der Waals surface area contributed by atoms with Crippen molar-refractivity contribution in [1.29, 1.82) is 0 Å². The Morgan fingerprint density at radius 2 is 2.00 bits per heavy atom. The van der Waals surface area contributed by atoms with Crippen LogP contribution in [0.2, 0.25) is 0 Å². The van der Waals surface area contributed by atoms with Crippen molar-refractivity contribution in [2.45, 2.75) is 64.5 Å². The first-order valence-corrected chi connectivity index (χ1v) is 7.36. The van der Waals surface area contributed by atoms with Gasteiger partial charge in [0.05, 0.1) is 0 Å². The number of unbranched alkanes of at least 4 members (excludes halogenated alkanes) is 1. The highest BCUT2D eigenvalue weighted by Gasteiger charge is 2.16. The van der Waals surface area contributed by atoms with Crippen LogP contribution in [0.3, 0.4) is 0 Å². The summed E-state index contributed by atoms with van der Waals surface area (Å²) >= 11 is 2.11. The van der Waals surface area contributed by atoms with Gasteiger partial charge in [-0.3, -0.25) is 0 Å². The van der Waals surface area contributed by atoms with Gasteiger partial charge in [0, 0.05) is 12.1 Å². The Kier molecular flexibility index (Phi) is 6.70. The van der Waals surface area contributed by atoms with Gasteiger partial charge in [0.1, 0.15) is 0 Å². The van der Waals surface area contributed by atoms with E-state index in [-0.39, 0.29) is 0 Å². The van der Waals surface area contributed by atoms with E-state index in [9.17, 15) is 0 Å². The molecule has 1 unspecified atom stereocenters. The number of nitrogens with one attached hydrogen (secondary N) is 1. The standard InChI is InChI=1S/C12H25NS/c1-3-5-6-11(4-2)13-12-7-9-14-10-8-12/h11-13H,3-10H2,1-2H3. The monoisotopic (exact) mass is 215 g/mol. The second-order valence-corrected chi connectivity index (χ2v) is 5.53. The highest BCUT2D eigenvalue weighted by Crippen LogP contribution is 2.18. The number of rotatable bonds is 6. The molecule has 0 radical (unpaired) electrons. The zero-order chi connectivity index (χ0) is 10.2. The van der Waals surface area contributed by atoms with Crippen molar-refractivity contribution in [2.24, 2.45) is 0 Å². The summed E-state index contributed by atoms with van der Waals surface area (Å²) in [6, 6.07) is 1.60. The van der Waals surface area contributed by atoms with Gasteiger partial charge in [0.25, 0.3) is 0 Å². The Morgan fingerprint density at radius 1 is 1.29 bits per heavy atom. The van der Waals surface area contributed by atoms with Crippen molar-refractivity contribution in [3.05, 3.63) is 0 Å². The summed E-state index contributed by atoms with van der Waals surface area (Å²) in [7, 11) is 0. The van der Waals surface area contributed by atoms with Crippen LogP contribution in [0, 0.1) is 0 Å². The smallest absolute Gasteiger partial charge is 0.00853 e. The third-order valence-electron chi connectivity index (χ3n) is 3.09. The van der Waals surface area contributed by atoms with E-state index in [4.69, 9.17) is 0 Å². The molecule has 14 heavy (non-hydrogen) atoms. The normalized spacial score (nSPS) is 21.0. The molecule has 0 aromatic rings. The molecule has 84 valence electrons. The summed E-state index contributed by atoms with van der Waals surface area (Å²) in [5.41, 5.74) is 0. The third-order valence-corrected chi connectivity index (χ3v) is 4.14. The first-order chi connectivity index (χ1) is 6.86. The van der Waals surface area contributed by atoms with Gasteiger partial charge in [-0.15, -0.1) is 0 Å². The molecule has 1 aliphatic heterocycles. The highest BCUT2D eigenvalue weighted by atomic mass is 32.2. The van der Waals surface area contributed by atoms with Gasteiger partial charge in [-0.2, -0.15) is 11.8 Å². The molecule has 0 aliphatic carbocycles. The molecule has 0 aromatic carbocycles. The first-order valence-electron chi connectivity index (χ1n) is 6.20. The Hall–Kier alpha value is 0.310. The molecule has 1 N–H and O–H groups in total. The fraction of sp³-hybridized carbons (Fsp3) is 1.00. The van der Waals surface area contributed by atoms with Crippen molar-refractivity contribution in [3.8, 4) is 0 Å². The largest absolute Gasteiger partial charge is 0.311 e. The molecule has 0 bridgehead atoms. The van der Waals surface area contributed by atoms with E-state index in [1.807, 2.05) is 0 Å². The maximum atomic E-state index is 3.83. The van der Waals surface area contributed by atoms with Crippen LogP contribution in [-0.2, 0) is 0 Å². The Bertz CT molecular complexity index is 132. The molecular weight excluding hydrogens is 190 g/mol. The molecule has 1 saturated heterocycles. The molecule has 1 nitrogen and oxygen atoms in total. The maximum Gasteiger partial charge on any atom is 0.00853 e. The molecule has 1 rings (SSSR count). The van der Waals surface area contributed by atoms with Crippen LogP contribution in [-0.4, -0.2) is 23.6 Å². The minimum atomic E-state index is 0.781. The van der Waals surface area contributed by atoms with Crippen LogP contribution in [0.4, 0.5) is 0 Å². The second kappa shape index (κ2) is 7.58. The SMILES string of the molecule is CCCCC(CC)NC1CCSCC1. The van der Waals surface area contributed by atoms with Crippen molar-refractivity contribution in [2.75, 3.05) is 11.5 Å². The summed E-state index contributed by atoms with van der Waals surface area (Å²) < 4.78 is 0. The van der Waals surface area contributed by atoms with E-state index in [2.05, 4.69) is 30.9 Å². The molecule has 1 fully saturated rings. The fourth-order valence-electron chi connectivity index (χ4n) is 2.05. The van der Waals surface area contributed by atoms with E-state index in [1.165, 1.54) is 50.0 Å². The quantitative estimate of drug-likeness (QED) is 0.728. The average Bonchev–Trinajstić information content (AvgIpc) is 2.25. The zero-order valence-corrected chi connectivity index (χ0v) is 10.5. The van der Waals surface area contributed by atoms with Crippen LogP contribution in [0.5, 0.6) is 0 Å². The lowest BCUT2D eigenvalue weighted by atomic mass is 10.0. The maximum absolute atomic E-state index is 3.83. The summed E-state index contributed by atoms with van der Waals surface area (Å²) in [5.74, 6) is 2.73. The van der Waals surface area contributed by atoms with Crippen molar-refractivity contribution in [3.63, 3.8) is 0 Å². The molecule has 1 aliphatic rings. The van der Waals surface area contributed by atoms with Gasteiger partial charge in [-0.1, -0.05) is 26.7 Å². The van der Waals surface area contributed by atoms with Crippen LogP contribution in [0.25, 0.3) is 0 Å². The molecule has 0 spiro atoms. The zero-order valence-electron chi connectivity index (χ0n) is 9.72. The molecule has 1 heterocycles. The lowest BCUT2D eigenvalue weighted by molar-refractivity contribution is 0.375. The van der Waals surface area contributed by atoms with Crippen molar-refractivity contribution < 1.29 is 0 Å². The molecule has 0 saturated carbocycles. The predicted octanol–water partition coefficient (Wildman–Crippen LogP) is 3.44. The summed E-state index contributed by atoms with van der Waals surface area (Å²) in [4.78, 5) is 0. The van der Waals surface area contributed by atoms with Crippen molar-refractivity contribution in [1.82, 2.24) is 5.32 Å². The van der Waals surface area contributed by atoms with Gasteiger partial charge in [0.2, 0.25) is 0 Å².